The van der Waals surface area contributed by atoms with Crippen LogP contribution in [-0.4, -0.2) is 25.0 Å². The molecule has 1 aromatic heterocycles. The molecule has 3 rings (SSSR count). The number of methoxy groups -OCH3 is 1. The lowest BCUT2D eigenvalue weighted by Gasteiger charge is -2.16. The van der Waals surface area contributed by atoms with E-state index in [4.69, 9.17) is 4.74 Å². The van der Waals surface area contributed by atoms with Gasteiger partial charge >= 0.3 is 0 Å². The van der Waals surface area contributed by atoms with Crippen molar-refractivity contribution in [3.63, 3.8) is 0 Å². The number of aromatic amines is 1. The second-order valence-electron chi connectivity index (χ2n) is 5.24. The lowest BCUT2D eigenvalue weighted by Crippen LogP contribution is -2.27. The summed E-state index contributed by atoms with van der Waals surface area (Å²) in [6, 6.07) is 15.4. The van der Waals surface area contributed by atoms with Crippen LogP contribution < -0.4 is 9.64 Å². The predicted octanol–water partition coefficient (Wildman–Crippen LogP) is 3.76. The summed E-state index contributed by atoms with van der Waals surface area (Å²) in [5, 5.41) is 1.00. The molecule has 4 nitrogen and oxygen atoms in total. The lowest BCUT2D eigenvalue weighted by molar-refractivity contribution is 0.0988. The molecule has 0 aliphatic rings. The third-order valence-corrected chi connectivity index (χ3v) is 3.93. The van der Waals surface area contributed by atoms with Gasteiger partial charge < -0.3 is 14.6 Å². The summed E-state index contributed by atoms with van der Waals surface area (Å²) in [7, 11) is 3.42. The smallest absolute Gasteiger partial charge is 0.274 e. The summed E-state index contributed by atoms with van der Waals surface area (Å²) in [4.78, 5) is 17.6. The fourth-order valence-corrected chi connectivity index (χ4v) is 2.58. The van der Waals surface area contributed by atoms with Gasteiger partial charge in [-0.25, -0.2) is 0 Å². The number of hydrogen-bond acceptors (Lipinski definition) is 2. The first-order valence-corrected chi connectivity index (χ1v) is 7.11. The van der Waals surface area contributed by atoms with E-state index in [-0.39, 0.29) is 5.91 Å². The van der Waals surface area contributed by atoms with E-state index in [0.29, 0.717) is 5.69 Å². The van der Waals surface area contributed by atoms with Gasteiger partial charge in [0.2, 0.25) is 0 Å². The highest BCUT2D eigenvalue weighted by Gasteiger charge is 2.19. The van der Waals surface area contributed by atoms with Gasteiger partial charge in [-0.3, -0.25) is 4.79 Å². The molecule has 0 atom stereocenters. The van der Waals surface area contributed by atoms with Crippen LogP contribution in [0.5, 0.6) is 5.75 Å². The number of carbonyl (C=O) groups excluding carboxylic acids is 1. The van der Waals surface area contributed by atoms with Crippen molar-refractivity contribution in [2.75, 3.05) is 19.1 Å². The molecule has 0 aliphatic heterocycles. The van der Waals surface area contributed by atoms with Crippen molar-refractivity contribution >= 4 is 22.5 Å². The Balaban J connectivity index is 2.02. The van der Waals surface area contributed by atoms with Crippen LogP contribution in [-0.2, 0) is 0 Å². The molecule has 112 valence electrons. The number of aromatic nitrogens is 1. The zero-order valence-corrected chi connectivity index (χ0v) is 12.9. The second kappa shape index (κ2) is 5.56. The third kappa shape index (κ3) is 2.33. The SMILES string of the molecule is COc1ccc2[nH]c(C(=O)N(C)c3ccccc3)c(C)c2c1. The maximum absolute atomic E-state index is 12.8. The predicted molar refractivity (Wildman–Crippen MR) is 88.8 cm³/mol. The van der Waals surface area contributed by atoms with Gasteiger partial charge in [-0.1, -0.05) is 18.2 Å². The Kier molecular flexibility index (Phi) is 3.59. The fraction of sp³-hybridized carbons (Fsp3) is 0.167. The molecule has 1 heterocycles. The van der Waals surface area contributed by atoms with E-state index < -0.39 is 0 Å². The molecule has 0 bridgehead atoms. The molecule has 22 heavy (non-hydrogen) atoms. The molecular formula is C18H18N2O2. The van der Waals surface area contributed by atoms with E-state index in [2.05, 4.69) is 4.98 Å². The van der Waals surface area contributed by atoms with Gasteiger partial charge in [-0.15, -0.1) is 0 Å². The average Bonchev–Trinajstić information content (AvgIpc) is 2.90. The number of hydrogen-bond donors (Lipinski definition) is 1. The first kappa shape index (κ1) is 14.2. The number of nitrogens with zero attached hydrogens (tertiary/aromatic N) is 1. The molecule has 0 spiro atoms. The molecule has 0 saturated heterocycles. The summed E-state index contributed by atoms with van der Waals surface area (Å²) >= 11 is 0. The standard InChI is InChI=1S/C18H18N2O2/c1-12-15-11-14(22-3)9-10-16(15)19-17(12)18(21)20(2)13-7-5-4-6-8-13/h4-11,19H,1-3H3. The monoisotopic (exact) mass is 294 g/mol. The van der Waals surface area contributed by atoms with Crippen molar-refractivity contribution in [3.05, 3.63) is 59.8 Å². The third-order valence-electron chi connectivity index (χ3n) is 3.93. The van der Waals surface area contributed by atoms with E-state index in [0.717, 1.165) is 27.9 Å². The van der Waals surface area contributed by atoms with Crippen molar-refractivity contribution in [1.29, 1.82) is 0 Å². The number of H-pyrrole nitrogens is 1. The number of fused-ring (bicyclic) bond motifs is 1. The number of amides is 1. The van der Waals surface area contributed by atoms with Crippen LogP contribution in [0.1, 0.15) is 16.1 Å². The Morgan fingerprint density at radius 2 is 1.86 bits per heavy atom. The van der Waals surface area contributed by atoms with Crippen LogP contribution in [0.25, 0.3) is 10.9 Å². The van der Waals surface area contributed by atoms with E-state index >= 15 is 0 Å². The summed E-state index contributed by atoms with van der Waals surface area (Å²) in [5.41, 5.74) is 3.34. The van der Waals surface area contributed by atoms with Crippen LogP contribution in [0.3, 0.4) is 0 Å². The van der Waals surface area contributed by atoms with Gasteiger partial charge in [0, 0.05) is 23.6 Å². The van der Waals surface area contributed by atoms with Gasteiger partial charge in [0.15, 0.2) is 0 Å². The zero-order chi connectivity index (χ0) is 15.7. The maximum atomic E-state index is 12.8. The van der Waals surface area contributed by atoms with Crippen LogP contribution in [0, 0.1) is 6.92 Å². The highest BCUT2D eigenvalue weighted by Crippen LogP contribution is 2.27. The number of anilines is 1. The van der Waals surface area contributed by atoms with Gasteiger partial charge in [0.25, 0.3) is 5.91 Å². The molecule has 1 amide bonds. The minimum Gasteiger partial charge on any atom is -0.497 e. The summed E-state index contributed by atoms with van der Waals surface area (Å²) in [6.07, 6.45) is 0. The minimum atomic E-state index is -0.0566. The van der Waals surface area contributed by atoms with E-state index in [1.165, 1.54) is 0 Å². The van der Waals surface area contributed by atoms with E-state index in [1.54, 1.807) is 19.1 Å². The largest absolute Gasteiger partial charge is 0.497 e. The zero-order valence-electron chi connectivity index (χ0n) is 12.9. The van der Waals surface area contributed by atoms with Crippen LogP contribution in [0.4, 0.5) is 5.69 Å². The molecule has 2 aromatic carbocycles. The molecule has 0 fully saturated rings. The number of rotatable bonds is 3. The summed E-state index contributed by atoms with van der Waals surface area (Å²) in [6.45, 7) is 1.95. The average molecular weight is 294 g/mol. The first-order chi connectivity index (χ1) is 10.6. The number of nitrogens with one attached hydrogen (secondary N) is 1. The maximum Gasteiger partial charge on any atom is 0.274 e. The van der Waals surface area contributed by atoms with Crippen molar-refractivity contribution in [1.82, 2.24) is 4.98 Å². The number of para-hydroxylation sites is 1. The molecular weight excluding hydrogens is 276 g/mol. The quantitative estimate of drug-likeness (QED) is 0.799. The Bertz CT molecular complexity index is 822. The van der Waals surface area contributed by atoms with E-state index in [9.17, 15) is 4.79 Å². The molecule has 1 N–H and O–H groups in total. The van der Waals surface area contributed by atoms with Gasteiger partial charge in [0.1, 0.15) is 11.4 Å². The second-order valence-corrected chi connectivity index (χ2v) is 5.24. The topological polar surface area (TPSA) is 45.3 Å². The van der Waals surface area contributed by atoms with Crippen molar-refractivity contribution in [2.24, 2.45) is 0 Å². The van der Waals surface area contributed by atoms with Crippen molar-refractivity contribution in [2.45, 2.75) is 6.92 Å². The number of benzene rings is 2. The van der Waals surface area contributed by atoms with Crippen molar-refractivity contribution < 1.29 is 9.53 Å². The minimum absolute atomic E-state index is 0.0566. The Hall–Kier alpha value is -2.75. The lowest BCUT2D eigenvalue weighted by atomic mass is 10.1. The summed E-state index contributed by atoms with van der Waals surface area (Å²) < 4.78 is 5.25. The Morgan fingerprint density at radius 3 is 2.55 bits per heavy atom. The van der Waals surface area contributed by atoms with Crippen molar-refractivity contribution in [3.8, 4) is 5.75 Å². The number of aryl methyl sites for hydroxylation is 1. The molecule has 4 heteroatoms. The Morgan fingerprint density at radius 1 is 1.14 bits per heavy atom. The highest BCUT2D eigenvalue weighted by molar-refractivity contribution is 6.09. The van der Waals surface area contributed by atoms with Gasteiger partial charge in [-0.2, -0.15) is 0 Å². The van der Waals surface area contributed by atoms with Gasteiger partial charge in [0.05, 0.1) is 7.11 Å². The van der Waals surface area contributed by atoms with Crippen LogP contribution in [0.15, 0.2) is 48.5 Å². The molecule has 0 saturated carbocycles. The molecule has 0 unspecified atom stereocenters. The van der Waals surface area contributed by atoms with Gasteiger partial charge in [-0.05, 0) is 42.8 Å². The first-order valence-electron chi connectivity index (χ1n) is 7.11. The number of ether oxygens (including phenoxy) is 1. The van der Waals surface area contributed by atoms with Crippen LogP contribution >= 0.6 is 0 Å². The molecule has 0 aliphatic carbocycles. The fourth-order valence-electron chi connectivity index (χ4n) is 2.58. The normalized spacial score (nSPS) is 10.7. The highest BCUT2D eigenvalue weighted by atomic mass is 16.5. The Labute approximate surface area is 129 Å². The molecule has 0 radical (unpaired) electrons. The molecule has 3 aromatic rings. The van der Waals surface area contributed by atoms with Crippen LogP contribution in [0.2, 0.25) is 0 Å². The summed E-state index contributed by atoms with van der Waals surface area (Å²) in [5.74, 6) is 0.726. The number of carbonyl (C=O) groups is 1. The van der Waals surface area contributed by atoms with E-state index in [1.807, 2.05) is 55.5 Å².